The molecule has 2 N–H and O–H groups in total. The van der Waals surface area contributed by atoms with Gasteiger partial charge >= 0.3 is 0 Å². The third kappa shape index (κ3) is 3.88. The van der Waals surface area contributed by atoms with E-state index in [0.717, 1.165) is 5.76 Å². The first kappa shape index (κ1) is 16.4. The minimum Gasteiger partial charge on any atom is -0.467 e. The molecule has 122 valence electrons. The molecular formula is C17H13Cl2N3O2. The van der Waals surface area contributed by atoms with Gasteiger partial charge in [-0.2, -0.15) is 0 Å². The lowest BCUT2D eigenvalue weighted by Gasteiger charge is -2.09. The lowest BCUT2D eigenvalue weighted by molar-refractivity contribution is 0.102. The number of pyridine rings is 1. The topological polar surface area (TPSA) is 67.2 Å². The molecule has 0 radical (unpaired) electrons. The highest BCUT2D eigenvalue weighted by molar-refractivity contribution is 6.44. The van der Waals surface area contributed by atoms with Crippen molar-refractivity contribution in [2.45, 2.75) is 6.54 Å². The number of aromatic nitrogens is 1. The summed E-state index contributed by atoms with van der Waals surface area (Å²) in [7, 11) is 0. The predicted octanol–water partition coefficient (Wildman–Crippen LogP) is 4.85. The van der Waals surface area contributed by atoms with E-state index in [1.807, 2.05) is 12.1 Å². The Labute approximate surface area is 148 Å². The smallest absolute Gasteiger partial charge is 0.257 e. The molecule has 0 aliphatic rings. The van der Waals surface area contributed by atoms with Gasteiger partial charge in [-0.1, -0.05) is 29.3 Å². The van der Waals surface area contributed by atoms with Crippen LogP contribution >= 0.6 is 23.2 Å². The zero-order valence-corrected chi connectivity index (χ0v) is 13.9. The predicted molar refractivity (Wildman–Crippen MR) is 94.7 cm³/mol. The Morgan fingerprint density at radius 1 is 1.12 bits per heavy atom. The number of carbonyl (C=O) groups excluding carboxylic acids is 1. The van der Waals surface area contributed by atoms with Gasteiger partial charge in [0.2, 0.25) is 0 Å². The molecule has 0 atom stereocenters. The van der Waals surface area contributed by atoms with Gasteiger partial charge in [0.25, 0.3) is 5.91 Å². The Morgan fingerprint density at radius 3 is 2.71 bits per heavy atom. The Morgan fingerprint density at radius 2 is 2.00 bits per heavy atom. The largest absolute Gasteiger partial charge is 0.467 e. The molecule has 0 unspecified atom stereocenters. The Bertz CT molecular complexity index is 834. The number of halogens is 2. The van der Waals surface area contributed by atoms with Crippen molar-refractivity contribution in [3.63, 3.8) is 0 Å². The number of furan rings is 1. The molecule has 1 aromatic carbocycles. The maximum atomic E-state index is 12.2. The van der Waals surface area contributed by atoms with Gasteiger partial charge in [-0.15, -0.1) is 0 Å². The molecule has 0 saturated carbocycles. The summed E-state index contributed by atoms with van der Waals surface area (Å²) in [5.41, 5.74) is 0.865. The normalized spacial score (nSPS) is 10.4. The first-order chi connectivity index (χ1) is 11.6. The van der Waals surface area contributed by atoms with Crippen LogP contribution in [0, 0.1) is 0 Å². The highest BCUT2D eigenvalue weighted by Gasteiger charge is 2.10. The minimum atomic E-state index is -0.316. The summed E-state index contributed by atoms with van der Waals surface area (Å²) in [6.45, 7) is 0.518. The molecule has 5 nitrogen and oxygen atoms in total. The monoisotopic (exact) mass is 361 g/mol. The van der Waals surface area contributed by atoms with E-state index < -0.39 is 0 Å². The molecule has 24 heavy (non-hydrogen) atoms. The van der Waals surface area contributed by atoms with E-state index >= 15 is 0 Å². The highest BCUT2D eigenvalue weighted by atomic mass is 35.5. The summed E-state index contributed by atoms with van der Waals surface area (Å²) in [6.07, 6.45) is 3.09. The number of nitrogens with one attached hydrogen (secondary N) is 2. The number of amides is 1. The molecule has 2 heterocycles. The van der Waals surface area contributed by atoms with Crippen molar-refractivity contribution in [2.24, 2.45) is 0 Å². The Hall–Kier alpha value is -2.50. The Kier molecular flexibility index (Phi) is 5.03. The van der Waals surface area contributed by atoms with Crippen LogP contribution in [-0.2, 0) is 6.54 Å². The van der Waals surface area contributed by atoms with Crippen molar-refractivity contribution in [1.82, 2.24) is 4.98 Å². The quantitative estimate of drug-likeness (QED) is 0.681. The summed E-state index contributed by atoms with van der Waals surface area (Å²) in [5.74, 6) is 1.13. The maximum Gasteiger partial charge on any atom is 0.257 e. The first-order valence-corrected chi connectivity index (χ1v) is 7.87. The molecule has 0 saturated heterocycles. The van der Waals surface area contributed by atoms with E-state index in [0.29, 0.717) is 33.7 Å². The van der Waals surface area contributed by atoms with Gasteiger partial charge in [0.15, 0.2) is 0 Å². The van der Waals surface area contributed by atoms with Crippen LogP contribution in [0.5, 0.6) is 0 Å². The van der Waals surface area contributed by atoms with Crippen LogP contribution in [0.3, 0.4) is 0 Å². The minimum absolute atomic E-state index is 0.303. The summed E-state index contributed by atoms with van der Waals surface area (Å²) in [6, 6.07) is 12.1. The molecule has 0 fully saturated rings. The first-order valence-electron chi connectivity index (χ1n) is 7.11. The average Bonchev–Trinajstić information content (AvgIpc) is 3.11. The van der Waals surface area contributed by atoms with Gasteiger partial charge in [0.05, 0.1) is 34.1 Å². The van der Waals surface area contributed by atoms with Gasteiger partial charge in [0, 0.05) is 6.20 Å². The van der Waals surface area contributed by atoms with Crippen LogP contribution in [0.25, 0.3) is 0 Å². The van der Waals surface area contributed by atoms with E-state index in [4.69, 9.17) is 27.6 Å². The summed E-state index contributed by atoms with van der Waals surface area (Å²) in [4.78, 5) is 16.5. The number of benzene rings is 1. The molecule has 3 rings (SSSR count). The number of carbonyl (C=O) groups is 1. The fourth-order valence-corrected chi connectivity index (χ4v) is 2.37. The van der Waals surface area contributed by atoms with Crippen molar-refractivity contribution >= 4 is 40.6 Å². The standard InChI is InChI=1S/C17H13Cl2N3O2/c18-13-4-1-5-14(16(13)19)22-17(23)11-6-7-15(20-9-11)21-10-12-3-2-8-24-12/h1-9H,10H2,(H,20,21)(H,22,23). The van der Waals surface area contributed by atoms with Gasteiger partial charge in [-0.05, 0) is 36.4 Å². The van der Waals surface area contributed by atoms with Crippen molar-refractivity contribution < 1.29 is 9.21 Å². The third-order valence-electron chi connectivity index (χ3n) is 3.25. The summed E-state index contributed by atoms with van der Waals surface area (Å²) >= 11 is 12.0. The molecule has 0 bridgehead atoms. The van der Waals surface area contributed by atoms with Crippen LogP contribution < -0.4 is 10.6 Å². The van der Waals surface area contributed by atoms with Crippen molar-refractivity contribution in [2.75, 3.05) is 10.6 Å². The second-order valence-electron chi connectivity index (χ2n) is 4.92. The molecule has 0 aliphatic carbocycles. The van der Waals surface area contributed by atoms with Crippen LogP contribution in [0.2, 0.25) is 10.0 Å². The summed E-state index contributed by atoms with van der Waals surface area (Å²) < 4.78 is 5.23. The fourth-order valence-electron chi connectivity index (χ4n) is 2.02. The van der Waals surface area contributed by atoms with E-state index in [1.54, 1.807) is 36.6 Å². The van der Waals surface area contributed by atoms with Crippen molar-refractivity contribution in [1.29, 1.82) is 0 Å². The van der Waals surface area contributed by atoms with E-state index in [9.17, 15) is 4.79 Å². The molecule has 7 heteroatoms. The molecule has 3 aromatic rings. The second-order valence-corrected chi connectivity index (χ2v) is 5.71. The van der Waals surface area contributed by atoms with Crippen LogP contribution in [0.1, 0.15) is 16.1 Å². The van der Waals surface area contributed by atoms with Crippen molar-refractivity contribution in [3.8, 4) is 0 Å². The fraction of sp³-hybridized carbons (Fsp3) is 0.0588. The van der Waals surface area contributed by atoms with Crippen LogP contribution in [0.15, 0.2) is 59.3 Å². The van der Waals surface area contributed by atoms with Gasteiger partial charge < -0.3 is 15.1 Å². The molecule has 0 spiro atoms. The van der Waals surface area contributed by atoms with Gasteiger partial charge in [-0.3, -0.25) is 4.79 Å². The molecule has 0 aliphatic heterocycles. The van der Waals surface area contributed by atoms with Gasteiger partial charge in [-0.25, -0.2) is 4.98 Å². The third-order valence-corrected chi connectivity index (χ3v) is 4.07. The SMILES string of the molecule is O=C(Nc1cccc(Cl)c1Cl)c1ccc(NCc2ccco2)nc1. The number of hydrogen-bond donors (Lipinski definition) is 2. The zero-order chi connectivity index (χ0) is 16.9. The second kappa shape index (κ2) is 7.38. The average molecular weight is 362 g/mol. The highest BCUT2D eigenvalue weighted by Crippen LogP contribution is 2.29. The number of nitrogens with zero attached hydrogens (tertiary/aromatic N) is 1. The molecule has 1 amide bonds. The van der Waals surface area contributed by atoms with E-state index in [1.165, 1.54) is 6.20 Å². The summed E-state index contributed by atoms with van der Waals surface area (Å²) in [5, 5.41) is 6.50. The number of anilines is 2. The van der Waals surface area contributed by atoms with Crippen LogP contribution in [0.4, 0.5) is 11.5 Å². The van der Waals surface area contributed by atoms with E-state index in [-0.39, 0.29) is 5.91 Å². The number of hydrogen-bond acceptors (Lipinski definition) is 4. The van der Waals surface area contributed by atoms with Crippen LogP contribution in [-0.4, -0.2) is 10.9 Å². The molecule has 2 aromatic heterocycles. The van der Waals surface area contributed by atoms with E-state index in [2.05, 4.69) is 15.6 Å². The maximum absolute atomic E-state index is 12.2. The molecular weight excluding hydrogens is 349 g/mol. The Balaban J connectivity index is 1.64. The van der Waals surface area contributed by atoms with Gasteiger partial charge in [0.1, 0.15) is 11.6 Å². The number of rotatable bonds is 5. The lowest BCUT2D eigenvalue weighted by Crippen LogP contribution is -2.13. The lowest BCUT2D eigenvalue weighted by atomic mass is 10.2. The van der Waals surface area contributed by atoms with Crippen molar-refractivity contribution in [3.05, 3.63) is 76.3 Å². The zero-order valence-electron chi connectivity index (χ0n) is 12.4.